The molecule has 0 aromatic carbocycles. The molecule has 1 atom stereocenters. The second-order valence-corrected chi connectivity index (χ2v) is 4.54. The Kier molecular flexibility index (Phi) is 3.83. The first kappa shape index (κ1) is 10.7. The summed E-state index contributed by atoms with van der Waals surface area (Å²) >= 11 is 0. The van der Waals surface area contributed by atoms with Crippen LogP contribution in [0.2, 0.25) is 0 Å². The van der Waals surface area contributed by atoms with E-state index in [0.717, 1.165) is 32.0 Å². The van der Waals surface area contributed by atoms with Gasteiger partial charge in [0.25, 0.3) is 0 Å². The molecular formula is C11H21N3O. The van der Waals surface area contributed by atoms with Crippen LogP contribution >= 0.6 is 0 Å². The molecule has 2 aliphatic rings. The third-order valence-corrected chi connectivity index (χ3v) is 3.28. The molecule has 1 aliphatic carbocycles. The van der Waals surface area contributed by atoms with Gasteiger partial charge >= 0.3 is 0 Å². The van der Waals surface area contributed by atoms with Gasteiger partial charge in [0.15, 0.2) is 5.96 Å². The van der Waals surface area contributed by atoms with Crippen molar-refractivity contribution in [3.63, 3.8) is 0 Å². The van der Waals surface area contributed by atoms with E-state index in [4.69, 9.17) is 10.5 Å². The number of hydrogen-bond acceptors (Lipinski definition) is 2. The van der Waals surface area contributed by atoms with Crippen molar-refractivity contribution in [1.29, 1.82) is 0 Å². The van der Waals surface area contributed by atoms with Crippen LogP contribution in [0.1, 0.15) is 32.1 Å². The van der Waals surface area contributed by atoms with E-state index in [9.17, 15) is 0 Å². The summed E-state index contributed by atoms with van der Waals surface area (Å²) < 4.78 is 5.49. The van der Waals surface area contributed by atoms with E-state index in [0.29, 0.717) is 12.1 Å². The van der Waals surface area contributed by atoms with E-state index in [2.05, 4.69) is 10.3 Å². The lowest BCUT2D eigenvalue weighted by Gasteiger charge is -2.23. The fourth-order valence-electron chi connectivity index (χ4n) is 1.98. The summed E-state index contributed by atoms with van der Waals surface area (Å²) in [7, 11) is 0. The number of hydrogen-bond donors (Lipinski definition) is 2. The average Bonchev–Trinajstić information content (AvgIpc) is 2.64. The van der Waals surface area contributed by atoms with E-state index >= 15 is 0 Å². The molecule has 0 bridgehead atoms. The Morgan fingerprint density at radius 2 is 2.20 bits per heavy atom. The van der Waals surface area contributed by atoms with Gasteiger partial charge in [0.2, 0.25) is 0 Å². The lowest BCUT2D eigenvalue weighted by Crippen LogP contribution is -2.37. The SMILES string of the molecule is NC(=NCC1CCC1)NCC1CCCO1. The van der Waals surface area contributed by atoms with Crippen LogP contribution in [0.5, 0.6) is 0 Å². The Hall–Kier alpha value is -0.770. The second-order valence-electron chi connectivity index (χ2n) is 4.54. The zero-order valence-corrected chi connectivity index (χ0v) is 9.24. The van der Waals surface area contributed by atoms with Crippen LogP contribution < -0.4 is 11.1 Å². The molecule has 1 unspecified atom stereocenters. The molecule has 0 aromatic rings. The molecule has 4 nitrogen and oxygen atoms in total. The van der Waals surface area contributed by atoms with Crippen LogP contribution in [-0.2, 0) is 4.74 Å². The zero-order valence-electron chi connectivity index (χ0n) is 9.24. The highest BCUT2D eigenvalue weighted by Gasteiger charge is 2.17. The molecule has 3 N–H and O–H groups in total. The predicted molar refractivity (Wildman–Crippen MR) is 60.8 cm³/mol. The summed E-state index contributed by atoms with van der Waals surface area (Å²) in [5, 5.41) is 3.13. The fourth-order valence-corrected chi connectivity index (χ4v) is 1.98. The van der Waals surface area contributed by atoms with Gasteiger partial charge in [-0.3, -0.25) is 4.99 Å². The van der Waals surface area contributed by atoms with Crippen molar-refractivity contribution in [2.45, 2.75) is 38.2 Å². The smallest absolute Gasteiger partial charge is 0.188 e. The first-order valence-electron chi connectivity index (χ1n) is 6.00. The first-order chi connectivity index (χ1) is 7.34. The van der Waals surface area contributed by atoms with Crippen molar-refractivity contribution in [3.8, 4) is 0 Å². The minimum Gasteiger partial charge on any atom is -0.376 e. The van der Waals surface area contributed by atoms with Crippen molar-refractivity contribution in [1.82, 2.24) is 5.32 Å². The van der Waals surface area contributed by atoms with Gasteiger partial charge in [0, 0.05) is 19.7 Å². The van der Waals surface area contributed by atoms with Gasteiger partial charge in [-0.15, -0.1) is 0 Å². The third kappa shape index (κ3) is 3.38. The normalized spacial score (nSPS) is 27.7. The quantitative estimate of drug-likeness (QED) is 0.536. The minimum absolute atomic E-state index is 0.336. The van der Waals surface area contributed by atoms with Crippen LogP contribution in [0.25, 0.3) is 0 Å². The Bertz CT molecular complexity index is 220. The maximum absolute atomic E-state index is 5.76. The molecule has 2 rings (SSSR count). The third-order valence-electron chi connectivity index (χ3n) is 3.28. The predicted octanol–water partition coefficient (Wildman–Crippen LogP) is 0.870. The van der Waals surface area contributed by atoms with Crippen LogP contribution in [0.3, 0.4) is 0 Å². The molecule has 15 heavy (non-hydrogen) atoms. The highest BCUT2D eigenvalue weighted by molar-refractivity contribution is 5.77. The molecule has 1 saturated carbocycles. The Morgan fingerprint density at radius 3 is 2.80 bits per heavy atom. The van der Waals surface area contributed by atoms with Crippen molar-refractivity contribution < 1.29 is 4.74 Å². The highest BCUT2D eigenvalue weighted by atomic mass is 16.5. The molecule has 2 fully saturated rings. The van der Waals surface area contributed by atoms with Crippen molar-refractivity contribution in [3.05, 3.63) is 0 Å². The molecule has 86 valence electrons. The molecule has 0 spiro atoms. The zero-order chi connectivity index (χ0) is 10.5. The van der Waals surface area contributed by atoms with Gasteiger partial charge < -0.3 is 15.8 Å². The lowest BCUT2D eigenvalue weighted by molar-refractivity contribution is 0.114. The summed E-state index contributed by atoms with van der Waals surface area (Å²) in [4.78, 5) is 4.33. The molecular weight excluding hydrogens is 190 g/mol. The van der Waals surface area contributed by atoms with Gasteiger partial charge in [-0.2, -0.15) is 0 Å². The van der Waals surface area contributed by atoms with Gasteiger partial charge in [-0.25, -0.2) is 0 Å². The highest BCUT2D eigenvalue weighted by Crippen LogP contribution is 2.26. The minimum atomic E-state index is 0.336. The largest absolute Gasteiger partial charge is 0.376 e. The molecule has 1 saturated heterocycles. The van der Waals surface area contributed by atoms with E-state index in [1.807, 2.05) is 0 Å². The number of guanidine groups is 1. The number of aliphatic imine (C=N–C) groups is 1. The summed E-state index contributed by atoms with van der Waals surface area (Å²) in [5.41, 5.74) is 5.76. The van der Waals surface area contributed by atoms with Crippen molar-refractivity contribution >= 4 is 5.96 Å². The fraction of sp³-hybridized carbons (Fsp3) is 0.909. The number of ether oxygens (including phenoxy) is 1. The Balaban J connectivity index is 1.59. The molecule has 0 radical (unpaired) electrons. The maximum Gasteiger partial charge on any atom is 0.188 e. The lowest BCUT2D eigenvalue weighted by atomic mass is 9.86. The standard InChI is InChI=1S/C11H21N3O/c12-11(13-7-9-3-1-4-9)14-8-10-5-2-6-15-10/h9-10H,1-8H2,(H3,12,13,14). The van der Waals surface area contributed by atoms with Crippen LogP contribution in [0, 0.1) is 5.92 Å². The van der Waals surface area contributed by atoms with E-state index in [1.165, 1.54) is 25.7 Å². The van der Waals surface area contributed by atoms with Gasteiger partial charge in [0.1, 0.15) is 0 Å². The monoisotopic (exact) mass is 211 g/mol. The molecule has 1 aliphatic heterocycles. The number of rotatable bonds is 4. The van der Waals surface area contributed by atoms with Gasteiger partial charge in [-0.1, -0.05) is 6.42 Å². The Morgan fingerprint density at radius 1 is 1.33 bits per heavy atom. The Labute approximate surface area is 91.3 Å². The van der Waals surface area contributed by atoms with Crippen molar-refractivity contribution in [2.75, 3.05) is 19.7 Å². The molecule has 1 heterocycles. The van der Waals surface area contributed by atoms with E-state index in [1.54, 1.807) is 0 Å². The summed E-state index contributed by atoms with van der Waals surface area (Å²) in [6, 6.07) is 0. The van der Waals surface area contributed by atoms with Crippen LogP contribution in [0.4, 0.5) is 0 Å². The number of nitrogens with two attached hydrogens (primary N) is 1. The van der Waals surface area contributed by atoms with Gasteiger partial charge in [-0.05, 0) is 31.6 Å². The molecule has 0 amide bonds. The summed E-state index contributed by atoms with van der Waals surface area (Å²) in [6.45, 7) is 2.59. The number of nitrogens with zero attached hydrogens (tertiary/aromatic N) is 1. The van der Waals surface area contributed by atoms with Gasteiger partial charge in [0.05, 0.1) is 6.10 Å². The summed E-state index contributed by atoms with van der Waals surface area (Å²) in [5.74, 6) is 1.37. The van der Waals surface area contributed by atoms with Crippen molar-refractivity contribution in [2.24, 2.45) is 16.6 Å². The molecule has 4 heteroatoms. The number of nitrogens with one attached hydrogen (secondary N) is 1. The van der Waals surface area contributed by atoms with E-state index in [-0.39, 0.29) is 0 Å². The topological polar surface area (TPSA) is 59.6 Å². The average molecular weight is 211 g/mol. The summed E-state index contributed by atoms with van der Waals surface area (Å²) in [6.07, 6.45) is 6.66. The van der Waals surface area contributed by atoms with Crippen LogP contribution in [0.15, 0.2) is 4.99 Å². The first-order valence-corrected chi connectivity index (χ1v) is 6.00. The maximum atomic E-state index is 5.76. The van der Waals surface area contributed by atoms with Crippen LogP contribution in [-0.4, -0.2) is 31.8 Å². The van der Waals surface area contributed by atoms with E-state index < -0.39 is 0 Å². The second kappa shape index (κ2) is 5.35. The molecule has 0 aromatic heterocycles.